The van der Waals surface area contributed by atoms with Crippen molar-refractivity contribution in [2.75, 3.05) is 26.2 Å². The Morgan fingerprint density at radius 2 is 2.08 bits per heavy atom. The number of hydrogen-bond donors (Lipinski definition) is 0. The largest absolute Gasteiger partial charge is 0.341 e. The molecule has 0 N–H and O–H groups in total. The second-order valence-electron chi connectivity index (χ2n) is 8.35. The quantitative estimate of drug-likeness (QED) is 0.825. The smallest absolute Gasteiger partial charge is 0.222 e. The highest BCUT2D eigenvalue weighted by molar-refractivity contribution is 5.77. The van der Waals surface area contributed by atoms with E-state index in [1.165, 1.54) is 58.0 Å². The van der Waals surface area contributed by atoms with Crippen molar-refractivity contribution in [3.8, 4) is 0 Å². The van der Waals surface area contributed by atoms with Crippen LogP contribution in [0.25, 0.3) is 0 Å². The van der Waals surface area contributed by atoms with Gasteiger partial charge >= 0.3 is 0 Å². The summed E-state index contributed by atoms with van der Waals surface area (Å²) in [4.78, 5) is 21.7. The third-order valence-corrected chi connectivity index (χ3v) is 6.73. The summed E-state index contributed by atoms with van der Waals surface area (Å²) in [6.45, 7) is 4.44. The molecule has 1 spiro atoms. The number of carbonyl (C=O) groups is 1. The Bertz CT molecular complexity index is 584. The number of carbonyl (C=O) groups excluding carboxylic acids is 1. The molecule has 2 aliphatic heterocycles. The summed E-state index contributed by atoms with van der Waals surface area (Å²) in [5, 5.41) is 0. The SMILES string of the molecule is O=C(CCc1cccnc1)N1CC[C@]2(CCCN2CC2CCCC2)C1. The van der Waals surface area contributed by atoms with Gasteiger partial charge in [-0.25, -0.2) is 0 Å². The molecule has 0 aromatic carbocycles. The summed E-state index contributed by atoms with van der Waals surface area (Å²) in [6.07, 6.45) is 14.5. The molecule has 1 atom stereocenters. The second kappa shape index (κ2) is 7.45. The van der Waals surface area contributed by atoms with Gasteiger partial charge in [-0.15, -0.1) is 0 Å². The lowest BCUT2D eigenvalue weighted by Gasteiger charge is -2.36. The maximum Gasteiger partial charge on any atom is 0.222 e. The number of amides is 1. The van der Waals surface area contributed by atoms with Crippen LogP contribution in [-0.4, -0.2) is 52.4 Å². The van der Waals surface area contributed by atoms with Gasteiger partial charge in [0, 0.05) is 44.0 Å². The zero-order valence-corrected chi connectivity index (χ0v) is 15.3. The number of aromatic nitrogens is 1. The highest BCUT2D eigenvalue weighted by Crippen LogP contribution is 2.39. The van der Waals surface area contributed by atoms with Crippen LogP contribution in [0.1, 0.15) is 56.9 Å². The minimum absolute atomic E-state index is 0.298. The summed E-state index contributed by atoms with van der Waals surface area (Å²) in [6, 6.07) is 4.01. The standard InChI is InChI=1S/C21H31N3O/c25-20(9-8-18-7-3-12-22-15-18)23-14-11-21(17-23)10-4-13-24(21)16-19-5-1-2-6-19/h3,7,12,15,19H,1-2,4-6,8-11,13-14,16-17H2/t21-/m1/s1. The van der Waals surface area contributed by atoms with Gasteiger partial charge in [0.05, 0.1) is 0 Å². The van der Waals surface area contributed by atoms with Gasteiger partial charge in [-0.05, 0) is 62.6 Å². The van der Waals surface area contributed by atoms with Gasteiger partial charge in [-0.1, -0.05) is 18.9 Å². The molecule has 25 heavy (non-hydrogen) atoms. The van der Waals surface area contributed by atoms with Gasteiger partial charge in [0.25, 0.3) is 0 Å². The summed E-state index contributed by atoms with van der Waals surface area (Å²) >= 11 is 0. The van der Waals surface area contributed by atoms with Crippen LogP contribution in [0.15, 0.2) is 24.5 Å². The lowest BCUT2D eigenvalue weighted by molar-refractivity contribution is -0.130. The summed E-state index contributed by atoms with van der Waals surface area (Å²) < 4.78 is 0. The van der Waals surface area contributed by atoms with Crippen LogP contribution in [0.2, 0.25) is 0 Å². The van der Waals surface area contributed by atoms with E-state index in [1.54, 1.807) is 6.20 Å². The number of likely N-dealkylation sites (tertiary alicyclic amines) is 2. The van der Waals surface area contributed by atoms with E-state index in [0.717, 1.165) is 31.0 Å². The molecule has 1 saturated carbocycles. The van der Waals surface area contributed by atoms with Gasteiger partial charge in [0.2, 0.25) is 5.91 Å². The summed E-state index contributed by atoms with van der Waals surface area (Å²) in [5.74, 6) is 1.23. The van der Waals surface area contributed by atoms with E-state index in [1.807, 2.05) is 12.3 Å². The Kier molecular flexibility index (Phi) is 5.07. The van der Waals surface area contributed by atoms with Crippen molar-refractivity contribution in [2.24, 2.45) is 5.92 Å². The topological polar surface area (TPSA) is 36.4 Å². The number of nitrogens with zero attached hydrogens (tertiary/aromatic N) is 3. The Hall–Kier alpha value is -1.42. The Labute approximate surface area is 151 Å². The molecule has 136 valence electrons. The molecule has 1 amide bonds. The van der Waals surface area contributed by atoms with E-state index in [0.29, 0.717) is 17.9 Å². The zero-order valence-electron chi connectivity index (χ0n) is 15.3. The number of aryl methyl sites for hydroxylation is 1. The molecule has 4 nitrogen and oxygen atoms in total. The molecule has 4 heteroatoms. The molecule has 3 heterocycles. The molecule has 2 saturated heterocycles. The first-order chi connectivity index (χ1) is 12.3. The zero-order chi connectivity index (χ0) is 17.1. The van der Waals surface area contributed by atoms with Crippen LogP contribution in [-0.2, 0) is 11.2 Å². The van der Waals surface area contributed by atoms with Crippen molar-refractivity contribution in [2.45, 2.75) is 63.3 Å². The number of pyridine rings is 1. The third kappa shape index (κ3) is 3.74. The predicted molar refractivity (Wildman–Crippen MR) is 99.3 cm³/mol. The monoisotopic (exact) mass is 341 g/mol. The van der Waals surface area contributed by atoms with Crippen molar-refractivity contribution < 1.29 is 4.79 Å². The molecular weight excluding hydrogens is 310 g/mol. The minimum Gasteiger partial charge on any atom is -0.341 e. The van der Waals surface area contributed by atoms with Crippen LogP contribution >= 0.6 is 0 Å². The molecule has 1 aliphatic carbocycles. The van der Waals surface area contributed by atoms with E-state index in [9.17, 15) is 4.79 Å². The van der Waals surface area contributed by atoms with Gasteiger partial charge in [-0.2, -0.15) is 0 Å². The van der Waals surface area contributed by atoms with Gasteiger partial charge in [0.15, 0.2) is 0 Å². The lowest BCUT2D eigenvalue weighted by Crippen LogP contribution is -2.48. The van der Waals surface area contributed by atoms with Crippen molar-refractivity contribution in [1.29, 1.82) is 0 Å². The van der Waals surface area contributed by atoms with Crippen LogP contribution in [0.4, 0.5) is 0 Å². The van der Waals surface area contributed by atoms with Crippen LogP contribution in [0, 0.1) is 5.92 Å². The third-order valence-electron chi connectivity index (χ3n) is 6.73. The number of hydrogen-bond acceptors (Lipinski definition) is 3. The van der Waals surface area contributed by atoms with Crippen LogP contribution in [0.3, 0.4) is 0 Å². The fourth-order valence-corrected chi connectivity index (χ4v) is 5.27. The van der Waals surface area contributed by atoms with Gasteiger partial charge in [-0.3, -0.25) is 14.7 Å². The Morgan fingerprint density at radius 3 is 2.88 bits per heavy atom. The normalized spacial score (nSPS) is 27.6. The van der Waals surface area contributed by atoms with E-state index in [4.69, 9.17) is 0 Å². The van der Waals surface area contributed by atoms with Crippen molar-refractivity contribution in [3.63, 3.8) is 0 Å². The highest BCUT2D eigenvalue weighted by atomic mass is 16.2. The average Bonchev–Trinajstić information content (AvgIpc) is 3.38. The van der Waals surface area contributed by atoms with Crippen LogP contribution in [0.5, 0.6) is 0 Å². The van der Waals surface area contributed by atoms with Crippen molar-refractivity contribution in [1.82, 2.24) is 14.8 Å². The first kappa shape index (κ1) is 17.0. The highest BCUT2D eigenvalue weighted by Gasteiger charge is 2.47. The Balaban J connectivity index is 1.32. The average molecular weight is 341 g/mol. The molecular formula is C21H31N3O. The molecule has 4 rings (SSSR count). The first-order valence-corrected chi connectivity index (χ1v) is 10.2. The second-order valence-corrected chi connectivity index (χ2v) is 8.35. The van der Waals surface area contributed by atoms with Crippen molar-refractivity contribution >= 4 is 5.91 Å². The van der Waals surface area contributed by atoms with Crippen molar-refractivity contribution in [3.05, 3.63) is 30.1 Å². The van der Waals surface area contributed by atoms with E-state index in [2.05, 4.69) is 20.9 Å². The number of rotatable bonds is 5. The summed E-state index contributed by atoms with van der Waals surface area (Å²) in [7, 11) is 0. The minimum atomic E-state index is 0.298. The summed E-state index contributed by atoms with van der Waals surface area (Å²) in [5.41, 5.74) is 1.46. The maximum absolute atomic E-state index is 12.7. The fraction of sp³-hybridized carbons (Fsp3) is 0.714. The molecule has 3 aliphatic rings. The van der Waals surface area contributed by atoms with Crippen LogP contribution < -0.4 is 0 Å². The molecule has 1 aromatic rings. The van der Waals surface area contributed by atoms with Gasteiger partial charge < -0.3 is 4.90 Å². The fourth-order valence-electron chi connectivity index (χ4n) is 5.27. The molecule has 1 aromatic heterocycles. The molecule has 3 fully saturated rings. The lowest BCUT2D eigenvalue weighted by atomic mass is 9.94. The van der Waals surface area contributed by atoms with Gasteiger partial charge in [0.1, 0.15) is 0 Å². The molecule has 0 radical (unpaired) electrons. The van der Waals surface area contributed by atoms with E-state index in [-0.39, 0.29) is 0 Å². The van der Waals surface area contributed by atoms with E-state index >= 15 is 0 Å². The molecule has 0 unspecified atom stereocenters. The maximum atomic E-state index is 12.7. The molecule has 0 bridgehead atoms. The Morgan fingerprint density at radius 1 is 1.20 bits per heavy atom. The van der Waals surface area contributed by atoms with E-state index < -0.39 is 0 Å². The predicted octanol–water partition coefficient (Wildman–Crippen LogP) is 3.27. The first-order valence-electron chi connectivity index (χ1n) is 10.2.